The van der Waals surface area contributed by atoms with E-state index in [-0.39, 0.29) is 23.9 Å². The van der Waals surface area contributed by atoms with Crippen molar-refractivity contribution >= 4 is 12.0 Å². The number of nitrogens with one attached hydrogen (secondary N) is 1. The summed E-state index contributed by atoms with van der Waals surface area (Å²) in [6, 6.07) is 0.0878. The second-order valence-electron chi connectivity index (χ2n) is 5.69. The van der Waals surface area contributed by atoms with Crippen molar-refractivity contribution in [1.29, 1.82) is 0 Å². The van der Waals surface area contributed by atoms with Crippen LogP contribution in [0.5, 0.6) is 0 Å². The molecule has 0 aromatic heterocycles. The molecule has 0 aromatic carbocycles. The van der Waals surface area contributed by atoms with Gasteiger partial charge in [0.15, 0.2) is 0 Å². The van der Waals surface area contributed by atoms with Gasteiger partial charge in [0, 0.05) is 31.7 Å². The van der Waals surface area contributed by atoms with Crippen LogP contribution in [0.2, 0.25) is 0 Å². The Kier molecular flexibility index (Phi) is 4.29. The molecule has 19 heavy (non-hydrogen) atoms. The van der Waals surface area contributed by atoms with E-state index in [9.17, 15) is 9.59 Å². The van der Waals surface area contributed by atoms with E-state index in [2.05, 4.69) is 12.2 Å². The Morgan fingerprint density at radius 1 is 1.42 bits per heavy atom. The predicted molar refractivity (Wildman–Crippen MR) is 68.8 cm³/mol. The summed E-state index contributed by atoms with van der Waals surface area (Å²) in [5.41, 5.74) is 0. The van der Waals surface area contributed by atoms with E-state index >= 15 is 0 Å². The first-order chi connectivity index (χ1) is 8.99. The topological polar surface area (TPSA) is 78.9 Å². The summed E-state index contributed by atoms with van der Waals surface area (Å²) in [5.74, 6) is -0.766. The zero-order chi connectivity index (χ0) is 14.0. The summed E-state index contributed by atoms with van der Waals surface area (Å²) in [5, 5.41) is 11.9. The molecule has 0 aliphatic carbocycles. The van der Waals surface area contributed by atoms with Crippen molar-refractivity contribution in [3.8, 4) is 0 Å². The number of likely N-dealkylation sites (tertiary alicyclic amines) is 1. The lowest BCUT2D eigenvalue weighted by Gasteiger charge is -2.42. The molecule has 0 spiro atoms. The van der Waals surface area contributed by atoms with Crippen LogP contribution in [-0.4, -0.2) is 54.4 Å². The van der Waals surface area contributed by atoms with Gasteiger partial charge in [-0.25, -0.2) is 4.79 Å². The third-order valence-corrected chi connectivity index (χ3v) is 4.24. The minimum atomic E-state index is -0.789. The van der Waals surface area contributed by atoms with Gasteiger partial charge in [0.2, 0.25) is 0 Å². The number of hydrogen-bond acceptors (Lipinski definition) is 3. The van der Waals surface area contributed by atoms with E-state index in [0.717, 1.165) is 6.42 Å². The van der Waals surface area contributed by atoms with E-state index in [1.807, 2.05) is 0 Å². The first-order valence-electron chi connectivity index (χ1n) is 6.85. The molecule has 3 unspecified atom stereocenters. The average molecular weight is 270 g/mol. The molecule has 6 heteroatoms. The molecule has 0 aromatic rings. The van der Waals surface area contributed by atoms with Gasteiger partial charge >= 0.3 is 12.0 Å². The van der Waals surface area contributed by atoms with Crippen LogP contribution in [0.4, 0.5) is 4.79 Å². The second kappa shape index (κ2) is 5.77. The molecule has 0 saturated carbocycles. The van der Waals surface area contributed by atoms with Gasteiger partial charge in [0.25, 0.3) is 0 Å². The van der Waals surface area contributed by atoms with Crippen LogP contribution in [-0.2, 0) is 9.53 Å². The van der Waals surface area contributed by atoms with Crippen molar-refractivity contribution in [1.82, 2.24) is 10.2 Å². The Balaban J connectivity index is 1.75. The lowest BCUT2D eigenvalue weighted by Crippen LogP contribution is -2.59. The number of urea groups is 1. The Bertz CT molecular complexity index is 355. The summed E-state index contributed by atoms with van der Waals surface area (Å²) >= 11 is 0. The summed E-state index contributed by atoms with van der Waals surface area (Å²) in [6.07, 6.45) is 0.843. The molecule has 108 valence electrons. The molecule has 2 saturated heterocycles. The minimum Gasteiger partial charge on any atom is -0.481 e. The summed E-state index contributed by atoms with van der Waals surface area (Å²) in [4.78, 5) is 24.5. The number of hydrogen-bond donors (Lipinski definition) is 2. The van der Waals surface area contributed by atoms with Crippen molar-refractivity contribution in [2.24, 2.45) is 17.8 Å². The second-order valence-corrected chi connectivity index (χ2v) is 5.69. The molecular weight excluding hydrogens is 248 g/mol. The van der Waals surface area contributed by atoms with Crippen LogP contribution >= 0.6 is 0 Å². The molecule has 2 amide bonds. The van der Waals surface area contributed by atoms with Crippen LogP contribution in [0.25, 0.3) is 0 Å². The standard InChI is InChI=1S/C13H22N2O4/c1-8-7-19-4-3-11(8)14-13(18)15-5-10(6-15)9(2)12(16)17/h8-11H,3-7H2,1-2H3,(H,14,18)(H,16,17). The zero-order valence-corrected chi connectivity index (χ0v) is 11.5. The number of carbonyl (C=O) groups is 2. The lowest BCUT2D eigenvalue weighted by atomic mass is 9.87. The number of carboxylic acid groups (broad SMARTS) is 1. The third kappa shape index (κ3) is 3.18. The molecule has 2 heterocycles. The summed E-state index contributed by atoms with van der Waals surface area (Å²) in [6.45, 7) is 6.21. The fourth-order valence-corrected chi connectivity index (χ4v) is 2.54. The maximum absolute atomic E-state index is 12.0. The zero-order valence-electron chi connectivity index (χ0n) is 11.5. The first kappa shape index (κ1) is 14.1. The average Bonchev–Trinajstić information content (AvgIpc) is 2.30. The molecule has 0 bridgehead atoms. The molecular formula is C13H22N2O4. The van der Waals surface area contributed by atoms with Crippen LogP contribution in [0, 0.1) is 17.8 Å². The molecule has 2 fully saturated rings. The third-order valence-electron chi connectivity index (χ3n) is 4.24. The highest BCUT2D eigenvalue weighted by molar-refractivity contribution is 5.76. The molecule has 6 nitrogen and oxygen atoms in total. The van der Waals surface area contributed by atoms with E-state index in [0.29, 0.717) is 32.2 Å². The van der Waals surface area contributed by atoms with Crippen molar-refractivity contribution in [2.75, 3.05) is 26.3 Å². The molecule has 0 radical (unpaired) electrons. The Hall–Kier alpha value is -1.30. The highest BCUT2D eigenvalue weighted by Gasteiger charge is 2.38. The lowest BCUT2D eigenvalue weighted by molar-refractivity contribution is -0.144. The monoisotopic (exact) mass is 270 g/mol. The highest BCUT2D eigenvalue weighted by atomic mass is 16.5. The van der Waals surface area contributed by atoms with E-state index in [4.69, 9.17) is 9.84 Å². The highest BCUT2D eigenvalue weighted by Crippen LogP contribution is 2.24. The maximum atomic E-state index is 12.0. The van der Waals surface area contributed by atoms with Gasteiger partial charge in [0.05, 0.1) is 12.5 Å². The number of carbonyl (C=O) groups excluding carboxylic acids is 1. The largest absolute Gasteiger partial charge is 0.481 e. The number of amides is 2. The molecule has 2 aliphatic heterocycles. The van der Waals surface area contributed by atoms with Gasteiger partial charge in [-0.2, -0.15) is 0 Å². The quantitative estimate of drug-likeness (QED) is 0.794. The van der Waals surface area contributed by atoms with Gasteiger partial charge in [-0.3, -0.25) is 4.79 Å². The van der Waals surface area contributed by atoms with Gasteiger partial charge in [-0.1, -0.05) is 13.8 Å². The minimum absolute atomic E-state index is 0.0763. The van der Waals surface area contributed by atoms with E-state index in [1.165, 1.54) is 0 Å². The number of aliphatic carboxylic acids is 1. The summed E-state index contributed by atoms with van der Waals surface area (Å²) < 4.78 is 5.34. The van der Waals surface area contributed by atoms with Gasteiger partial charge in [-0.05, 0) is 12.3 Å². The maximum Gasteiger partial charge on any atom is 0.317 e. The fraction of sp³-hybridized carbons (Fsp3) is 0.846. The smallest absolute Gasteiger partial charge is 0.317 e. The van der Waals surface area contributed by atoms with Crippen LogP contribution in [0.1, 0.15) is 20.3 Å². The molecule has 2 aliphatic rings. The van der Waals surface area contributed by atoms with E-state index < -0.39 is 5.97 Å². The number of ether oxygens (including phenoxy) is 1. The SMILES string of the molecule is CC1COCCC1NC(=O)N1CC(C(C)C(=O)O)C1. The van der Waals surface area contributed by atoms with Gasteiger partial charge in [0.1, 0.15) is 0 Å². The van der Waals surface area contributed by atoms with Gasteiger partial charge in [-0.15, -0.1) is 0 Å². The van der Waals surface area contributed by atoms with Crippen LogP contribution < -0.4 is 5.32 Å². The predicted octanol–water partition coefficient (Wildman–Crippen LogP) is 0.773. The number of rotatable bonds is 3. The van der Waals surface area contributed by atoms with E-state index in [1.54, 1.807) is 11.8 Å². The van der Waals surface area contributed by atoms with Crippen LogP contribution in [0.3, 0.4) is 0 Å². The normalized spacial score (nSPS) is 29.5. The van der Waals surface area contributed by atoms with Crippen LogP contribution in [0.15, 0.2) is 0 Å². The van der Waals surface area contributed by atoms with Crippen molar-refractivity contribution in [3.63, 3.8) is 0 Å². The summed E-state index contributed by atoms with van der Waals surface area (Å²) in [7, 11) is 0. The number of carboxylic acids is 1. The Labute approximate surface area is 113 Å². The molecule has 2 N–H and O–H groups in total. The Morgan fingerprint density at radius 3 is 2.68 bits per heavy atom. The van der Waals surface area contributed by atoms with Crippen molar-refractivity contribution in [2.45, 2.75) is 26.3 Å². The molecule has 2 rings (SSSR count). The van der Waals surface area contributed by atoms with Crippen molar-refractivity contribution in [3.05, 3.63) is 0 Å². The fourth-order valence-electron chi connectivity index (χ4n) is 2.54. The molecule has 3 atom stereocenters. The number of nitrogens with zero attached hydrogens (tertiary/aromatic N) is 1. The first-order valence-corrected chi connectivity index (χ1v) is 6.85. The van der Waals surface area contributed by atoms with Gasteiger partial charge < -0.3 is 20.1 Å². The van der Waals surface area contributed by atoms with Crippen molar-refractivity contribution < 1.29 is 19.4 Å². The Morgan fingerprint density at radius 2 is 2.11 bits per heavy atom.